The van der Waals surface area contributed by atoms with Gasteiger partial charge < -0.3 is 0 Å². The van der Waals surface area contributed by atoms with Crippen LogP contribution in [-0.4, -0.2) is 25.8 Å². The van der Waals surface area contributed by atoms with Gasteiger partial charge in [0.1, 0.15) is 5.78 Å². The normalized spacial score (nSPS) is 17.3. The van der Waals surface area contributed by atoms with E-state index in [1.807, 2.05) is 24.3 Å². The summed E-state index contributed by atoms with van der Waals surface area (Å²) in [4.78, 5) is 12.4. The molecule has 0 aliphatic heterocycles. The van der Waals surface area contributed by atoms with Crippen LogP contribution < -0.4 is 0 Å². The molecular weight excluding hydrogens is 458 g/mol. The average Bonchev–Trinajstić information content (AvgIpc) is 3.13. The standard InChI is InChI=1S/C24H26BrN3OS/c1-24(2,3)17-10-8-16(9-11-17)22-26-27-23(30-21-7-5-4-6-20(21)29)28(22)19-14-12-18(25)13-15-19/h8-15,21H,4-7H2,1-3H3. The average molecular weight is 484 g/mol. The van der Waals surface area contributed by atoms with E-state index in [1.54, 1.807) is 11.8 Å². The van der Waals surface area contributed by atoms with E-state index < -0.39 is 0 Å². The summed E-state index contributed by atoms with van der Waals surface area (Å²) in [5.41, 5.74) is 3.38. The Hall–Kier alpha value is -1.92. The predicted molar refractivity (Wildman–Crippen MR) is 126 cm³/mol. The van der Waals surface area contributed by atoms with Gasteiger partial charge in [-0.05, 0) is 48.1 Å². The van der Waals surface area contributed by atoms with Crippen molar-refractivity contribution in [3.8, 4) is 17.1 Å². The molecule has 3 aromatic rings. The highest BCUT2D eigenvalue weighted by Gasteiger charge is 2.27. The van der Waals surface area contributed by atoms with E-state index in [1.165, 1.54) is 5.56 Å². The van der Waals surface area contributed by atoms with Crippen molar-refractivity contribution in [3.05, 3.63) is 58.6 Å². The molecule has 0 spiro atoms. The van der Waals surface area contributed by atoms with Gasteiger partial charge in [-0.3, -0.25) is 9.36 Å². The summed E-state index contributed by atoms with van der Waals surface area (Å²) in [6, 6.07) is 16.7. The zero-order valence-electron chi connectivity index (χ0n) is 17.6. The Labute approximate surface area is 190 Å². The van der Waals surface area contributed by atoms with Crippen LogP contribution in [0.15, 0.2) is 58.2 Å². The number of aromatic nitrogens is 3. The monoisotopic (exact) mass is 483 g/mol. The number of benzene rings is 2. The number of hydrogen-bond donors (Lipinski definition) is 0. The van der Waals surface area contributed by atoms with E-state index in [0.29, 0.717) is 12.2 Å². The summed E-state index contributed by atoms with van der Waals surface area (Å²) in [5.74, 6) is 1.12. The van der Waals surface area contributed by atoms with Crippen LogP contribution in [0, 0.1) is 0 Å². The molecule has 6 heteroatoms. The molecule has 1 unspecified atom stereocenters. The molecule has 1 heterocycles. The highest BCUT2D eigenvalue weighted by molar-refractivity contribution is 9.10. The quantitative estimate of drug-likeness (QED) is 0.419. The number of rotatable bonds is 4. The van der Waals surface area contributed by atoms with Crippen LogP contribution in [0.5, 0.6) is 0 Å². The molecular formula is C24H26BrN3OS. The van der Waals surface area contributed by atoms with E-state index in [4.69, 9.17) is 0 Å². The summed E-state index contributed by atoms with van der Waals surface area (Å²) < 4.78 is 3.09. The van der Waals surface area contributed by atoms with Gasteiger partial charge in [0.05, 0.1) is 5.25 Å². The number of thioether (sulfide) groups is 1. The van der Waals surface area contributed by atoms with Crippen LogP contribution in [0.25, 0.3) is 17.1 Å². The highest BCUT2D eigenvalue weighted by atomic mass is 79.9. The number of Topliss-reactive ketones (excluding diaryl/α,β-unsaturated/α-hetero) is 1. The first-order chi connectivity index (χ1) is 14.3. The maximum Gasteiger partial charge on any atom is 0.196 e. The van der Waals surface area contributed by atoms with Crippen molar-refractivity contribution in [1.29, 1.82) is 0 Å². The van der Waals surface area contributed by atoms with Gasteiger partial charge in [-0.2, -0.15) is 0 Å². The molecule has 2 aromatic carbocycles. The summed E-state index contributed by atoms with van der Waals surface area (Å²) in [5, 5.41) is 9.78. The number of carbonyl (C=O) groups is 1. The van der Waals surface area contributed by atoms with Crippen LogP contribution in [0.2, 0.25) is 0 Å². The lowest BCUT2D eigenvalue weighted by Gasteiger charge is -2.20. The molecule has 1 saturated carbocycles. The molecule has 1 aliphatic carbocycles. The fourth-order valence-electron chi connectivity index (χ4n) is 3.68. The third-order valence-corrected chi connectivity index (χ3v) is 7.26. The van der Waals surface area contributed by atoms with Gasteiger partial charge in [0.15, 0.2) is 11.0 Å². The Balaban J connectivity index is 1.76. The van der Waals surface area contributed by atoms with Crippen LogP contribution in [0.4, 0.5) is 0 Å². The molecule has 0 N–H and O–H groups in total. The maximum absolute atomic E-state index is 12.4. The van der Waals surface area contributed by atoms with Crippen molar-refractivity contribution < 1.29 is 4.79 Å². The number of ketones is 1. The Kier molecular flexibility index (Phi) is 6.16. The second-order valence-corrected chi connectivity index (χ2v) is 10.8. The second kappa shape index (κ2) is 8.67. The van der Waals surface area contributed by atoms with Crippen molar-refractivity contribution in [3.63, 3.8) is 0 Å². The number of halogens is 1. The van der Waals surface area contributed by atoms with E-state index in [2.05, 4.69) is 75.7 Å². The minimum absolute atomic E-state index is 0.0340. The van der Waals surface area contributed by atoms with Crippen LogP contribution >= 0.6 is 27.7 Å². The van der Waals surface area contributed by atoms with Crippen molar-refractivity contribution in [2.24, 2.45) is 0 Å². The van der Waals surface area contributed by atoms with Crippen molar-refractivity contribution in [2.75, 3.05) is 0 Å². The fourth-order valence-corrected chi connectivity index (χ4v) is 5.12. The number of carbonyl (C=O) groups excluding carboxylic acids is 1. The van der Waals surface area contributed by atoms with E-state index >= 15 is 0 Å². The third kappa shape index (κ3) is 4.54. The van der Waals surface area contributed by atoms with Crippen molar-refractivity contribution >= 4 is 33.5 Å². The minimum atomic E-state index is -0.0340. The first kappa shape index (κ1) is 21.3. The second-order valence-electron chi connectivity index (χ2n) is 8.76. The van der Waals surface area contributed by atoms with Gasteiger partial charge in [0.2, 0.25) is 0 Å². The molecule has 1 fully saturated rings. The Morgan fingerprint density at radius 2 is 1.70 bits per heavy atom. The Morgan fingerprint density at radius 3 is 2.33 bits per heavy atom. The zero-order chi connectivity index (χ0) is 21.3. The summed E-state index contributed by atoms with van der Waals surface area (Å²) >= 11 is 5.06. The molecule has 156 valence electrons. The van der Waals surface area contributed by atoms with E-state index in [9.17, 15) is 4.79 Å². The molecule has 0 bridgehead atoms. The number of nitrogens with zero attached hydrogens (tertiary/aromatic N) is 3. The summed E-state index contributed by atoms with van der Waals surface area (Å²) in [6.07, 6.45) is 3.68. The summed E-state index contributed by atoms with van der Waals surface area (Å²) in [7, 11) is 0. The van der Waals surface area contributed by atoms with Gasteiger partial charge in [0, 0.05) is 22.1 Å². The smallest absolute Gasteiger partial charge is 0.196 e. The first-order valence-corrected chi connectivity index (χ1v) is 12.0. The topological polar surface area (TPSA) is 47.8 Å². The van der Waals surface area contributed by atoms with Crippen LogP contribution in [0.3, 0.4) is 0 Å². The van der Waals surface area contributed by atoms with Crippen molar-refractivity contribution in [2.45, 2.75) is 62.3 Å². The predicted octanol–water partition coefficient (Wildman–Crippen LogP) is 6.60. The molecule has 4 nitrogen and oxygen atoms in total. The lowest BCUT2D eigenvalue weighted by atomic mass is 9.87. The molecule has 0 saturated heterocycles. The van der Waals surface area contributed by atoms with Gasteiger partial charge in [0.25, 0.3) is 0 Å². The molecule has 1 aliphatic rings. The lowest BCUT2D eigenvalue weighted by Crippen LogP contribution is -2.21. The van der Waals surface area contributed by atoms with Crippen LogP contribution in [0.1, 0.15) is 52.0 Å². The highest BCUT2D eigenvalue weighted by Crippen LogP contribution is 2.35. The van der Waals surface area contributed by atoms with E-state index in [0.717, 1.165) is 46.0 Å². The molecule has 30 heavy (non-hydrogen) atoms. The molecule has 1 aromatic heterocycles. The van der Waals surface area contributed by atoms with Crippen LogP contribution in [-0.2, 0) is 10.2 Å². The Morgan fingerprint density at radius 1 is 1.00 bits per heavy atom. The zero-order valence-corrected chi connectivity index (χ0v) is 20.0. The molecule has 0 radical (unpaired) electrons. The van der Waals surface area contributed by atoms with Gasteiger partial charge in [-0.25, -0.2) is 0 Å². The Bertz CT molecular complexity index is 1040. The largest absolute Gasteiger partial charge is 0.298 e. The minimum Gasteiger partial charge on any atom is -0.298 e. The van der Waals surface area contributed by atoms with Gasteiger partial charge in [-0.15, -0.1) is 10.2 Å². The van der Waals surface area contributed by atoms with Gasteiger partial charge >= 0.3 is 0 Å². The third-order valence-electron chi connectivity index (χ3n) is 5.47. The lowest BCUT2D eigenvalue weighted by molar-refractivity contribution is -0.119. The maximum atomic E-state index is 12.4. The van der Waals surface area contributed by atoms with E-state index in [-0.39, 0.29) is 10.7 Å². The molecule has 4 rings (SSSR count). The molecule has 0 amide bonds. The SMILES string of the molecule is CC(C)(C)c1ccc(-c2nnc(SC3CCCCC3=O)n2-c2ccc(Br)cc2)cc1. The molecule has 1 atom stereocenters. The number of hydrogen-bond acceptors (Lipinski definition) is 4. The first-order valence-electron chi connectivity index (χ1n) is 10.3. The summed E-state index contributed by atoms with van der Waals surface area (Å²) in [6.45, 7) is 6.63. The van der Waals surface area contributed by atoms with Crippen molar-refractivity contribution in [1.82, 2.24) is 14.8 Å². The fraction of sp³-hybridized carbons (Fsp3) is 0.375. The van der Waals surface area contributed by atoms with Gasteiger partial charge in [-0.1, -0.05) is 79.1 Å².